The summed E-state index contributed by atoms with van der Waals surface area (Å²) < 4.78 is 1.92. The number of thiophene rings is 1. The van der Waals surface area contributed by atoms with Crippen molar-refractivity contribution in [1.82, 2.24) is 9.88 Å². The van der Waals surface area contributed by atoms with Crippen LogP contribution in [0.2, 0.25) is 0 Å². The van der Waals surface area contributed by atoms with E-state index in [2.05, 4.69) is 5.32 Å². The van der Waals surface area contributed by atoms with E-state index in [1.165, 1.54) is 11.3 Å². The van der Waals surface area contributed by atoms with Crippen molar-refractivity contribution in [3.05, 3.63) is 40.8 Å². The van der Waals surface area contributed by atoms with Gasteiger partial charge in [0, 0.05) is 18.9 Å². The second-order valence-corrected chi connectivity index (χ2v) is 5.25. The van der Waals surface area contributed by atoms with Crippen LogP contribution in [0.3, 0.4) is 0 Å². The van der Waals surface area contributed by atoms with Gasteiger partial charge in [-0.25, -0.2) is 0 Å². The molecule has 5 heteroatoms. The van der Waals surface area contributed by atoms with E-state index < -0.39 is 0 Å². The second kappa shape index (κ2) is 6.54. The van der Waals surface area contributed by atoms with Gasteiger partial charge in [-0.15, -0.1) is 11.3 Å². The molecule has 4 nitrogen and oxygen atoms in total. The average Bonchev–Trinajstić information content (AvgIpc) is 3.08. The van der Waals surface area contributed by atoms with Gasteiger partial charge in [0.05, 0.1) is 11.8 Å². The molecule has 2 N–H and O–H groups in total. The molecule has 0 aliphatic heterocycles. The first-order valence-electron chi connectivity index (χ1n) is 6.39. The molecule has 19 heavy (non-hydrogen) atoms. The summed E-state index contributed by atoms with van der Waals surface area (Å²) in [7, 11) is 0. The molecule has 2 rings (SSSR count). The number of aliphatic hydroxyl groups excluding tert-OH is 1. The van der Waals surface area contributed by atoms with E-state index in [1.54, 1.807) is 0 Å². The number of carbonyl (C=O) groups is 1. The maximum Gasteiger partial charge on any atom is 0.263 e. The highest BCUT2D eigenvalue weighted by Crippen LogP contribution is 2.21. The fourth-order valence-corrected chi connectivity index (χ4v) is 2.61. The van der Waals surface area contributed by atoms with Gasteiger partial charge in [-0.1, -0.05) is 6.92 Å². The predicted molar refractivity (Wildman–Crippen MR) is 76.9 cm³/mol. The molecule has 1 unspecified atom stereocenters. The van der Waals surface area contributed by atoms with Gasteiger partial charge in [-0.3, -0.25) is 4.79 Å². The number of carbonyl (C=O) groups excluding carboxylic acids is 1. The van der Waals surface area contributed by atoms with Crippen molar-refractivity contribution >= 4 is 17.2 Å². The van der Waals surface area contributed by atoms with Crippen LogP contribution in [0, 0.1) is 0 Å². The van der Waals surface area contributed by atoms with E-state index in [4.69, 9.17) is 0 Å². The molecule has 0 fully saturated rings. The van der Waals surface area contributed by atoms with Gasteiger partial charge in [0.1, 0.15) is 4.88 Å². The first kappa shape index (κ1) is 13.8. The van der Waals surface area contributed by atoms with Crippen molar-refractivity contribution in [3.8, 4) is 5.69 Å². The van der Waals surface area contributed by atoms with Crippen LogP contribution >= 0.6 is 11.3 Å². The number of amides is 1. The quantitative estimate of drug-likeness (QED) is 0.852. The second-order valence-electron chi connectivity index (χ2n) is 4.33. The Kier molecular flexibility index (Phi) is 4.76. The third-order valence-electron chi connectivity index (χ3n) is 2.97. The van der Waals surface area contributed by atoms with Crippen molar-refractivity contribution in [2.75, 3.05) is 6.54 Å². The fourth-order valence-electron chi connectivity index (χ4n) is 1.81. The third-order valence-corrected chi connectivity index (χ3v) is 3.87. The van der Waals surface area contributed by atoms with Crippen molar-refractivity contribution in [3.63, 3.8) is 0 Å². The van der Waals surface area contributed by atoms with Gasteiger partial charge < -0.3 is 15.0 Å². The van der Waals surface area contributed by atoms with E-state index in [-0.39, 0.29) is 12.0 Å². The zero-order valence-electron chi connectivity index (χ0n) is 10.9. The molecule has 102 valence electrons. The first-order chi connectivity index (χ1) is 9.22. The maximum absolute atomic E-state index is 12.1. The van der Waals surface area contributed by atoms with Gasteiger partial charge in [-0.05, 0) is 36.4 Å². The molecule has 0 bridgehead atoms. The van der Waals surface area contributed by atoms with E-state index in [0.29, 0.717) is 24.3 Å². The number of aliphatic hydroxyl groups is 1. The Hall–Kier alpha value is -1.59. The van der Waals surface area contributed by atoms with Crippen molar-refractivity contribution in [2.24, 2.45) is 0 Å². The highest BCUT2D eigenvalue weighted by molar-refractivity contribution is 7.12. The summed E-state index contributed by atoms with van der Waals surface area (Å²) in [5.41, 5.74) is 0.892. The zero-order chi connectivity index (χ0) is 13.7. The Morgan fingerprint density at radius 3 is 2.89 bits per heavy atom. The van der Waals surface area contributed by atoms with Crippen LogP contribution in [0.4, 0.5) is 0 Å². The Bertz CT molecular complexity index is 519. The van der Waals surface area contributed by atoms with Crippen LogP contribution in [-0.2, 0) is 0 Å². The monoisotopic (exact) mass is 278 g/mol. The van der Waals surface area contributed by atoms with Crippen LogP contribution in [0.15, 0.2) is 36.0 Å². The van der Waals surface area contributed by atoms with Crippen LogP contribution < -0.4 is 5.32 Å². The number of hydrogen-bond donors (Lipinski definition) is 2. The highest BCUT2D eigenvalue weighted by atomic mass is 32.1. The van der Waals surface area contributed by atoms with Gasteiger partial charge in [0.2, 0.25) is 0 Å². The summed E-state index contributed by atoms with van der Waals surface area (Å²) in [5.74, 6) is -0.0815. The molecule has 0 saturated heterocycles. The lowest BCUT2D eigenvalue weighted by Crippen LogP contribution is -2.27. The number of hydrogen-bond acceptors (Lipinski definition) is 3. The number of nitrogens with one attached hydrogen (secondary N) is 1. The van der Waals surface area contributed by atoms with Crippen LogP contribution in [0.5, 0.6) is 0 Å². The minimum Gasteiger partial charge on any atom is -0.393 e. The normalized spacial score (nSPS) is 12.3. The minimum absolute atomic E-state index is 0.0815. The van der Waals surface area contributed by atoms with E-state index >= 15 is 0 Å². The highest BCUT2D eigenvalue weighted by Gasteiger charge is 2.14. The summed E-state index contributed by atoms with van der Waals surface area (Å²) in [6.07, 6.45) is 4.79. The van der Waals surface area contributed by atoms with Gasteiger partial charge in [0.15, 0.2) is 0 Å². The van der Waals surface area contributed by atoms with Crippen LogP contribution in [0.1, 0.15) is 29.4 Å². The van der Waals surface area contributed by atoms with Crippen molar-refractivity contribution < 1.29 is 9.90 Å². The zero-order valence-corrected chi connectivity index (χ0v) is 11.7. The van der Waals surface area contributed by atoms with Crippen molar-refractivity contribution in [2.45, 2.75) is 25.9 Å². The van der Waals surface area contributed by atoms with Gasteiger partial charge >= 0.3 is 0 Å². The molecule has 0 saturated carbocycles. The minimum atomic E-state index is -0.340. The van der Waals surface area contributed by atoms with Gasteiger partial charge in [-0.2, -0.15) is 0 Å². The molecule has 0 aromatic carbocycles. The summed E-state index contributed by atoms with van der Waals surface area (Å²) in [6.45, 7) is 2.42. The Labute approximate surface area is 116 Å². The number of rotatable bonds is 6. The maximum atomic E-state index is 12.1. The molecule has 2 heterocycles. The largest absolute Gasteiger partial charge is 0.393 e. The molecule has 0 radical (unpaired) electrons. The lowest BCUT2D eigenvalue weighted by Gasteiger charge is -2.09. The lowest BCUT2D eigenvalue weighted by atomic mass is 10.2. The van der Waals surface area contributed by atoms with Crippen molar-refractivity contribution in [1.29, 1.82) is 0 Å². The molecular formula is C14H18N2O2S. The Morgan fingerprint density at radius 1 is 1.47 bits per heavy atom. The molecule has 1 amide bonds. The summed E-state index contributed by atoms with van der Waals surface area (Å²) in [5, 5.41) is 14.2. The smallest absolute Gasteiger partial charge is 0.263 e. The SMILES string of the molecule is CCC(O)CCNC(=O)c1sccc1-n1cccc1. The molecule has 2 aromatic heterocycles. The topological polar surface area (TPSA) is 54.3 Å². The van der Waals surface area contributed by atoms with Gasteiger partial charge in [0.25, 0.3) is 5.91 Å². The lowest BCUT2D eigenvalue weighted by molar-refractivity contribution is 0.0946. The molecule has 2 aromatic rings. The molecule has 0 aliphatic carbocycles. The number of aromatic nitrogens is 1. The average molecular weight is 278 g/mol. The molecule has 0 spiro atoms. The molecular weight excluding hydrogens is 260 g/mol. The van der Waals surface area contributed by atoms with E-state index in [9.17, 15) is 9.90 Å². The Morgan fingerprint density at radius 2 is 2.21 bits per heavy atom. The standard InChI is InChI=1S/C14H18N2O2S/c1-2-11(17)5-7-15-14(18)13-12(6-10-19-13)16-8-3-4-9-16/h3-4,6,8-11,17H,2,5,7H2,1H3,(H,15,18). The van der Waals surface area contributed by atoms with E-state index in [0.717, 1.165) is 5.69 Å². The molecule has 0 aliphatic rings. The Balaban J connectivity index is 1.99. The predicted octanol–water partition coefficient (Wildman–Crippen LogP) is 2.43. The first-order valence-corrected chi connectivity index (χ1v) is 7.27. The third kappa shape index (κ3) is 3.45. The summed E-state index contributed by atoms with van der Waals surface area (Å²) in [4.78, 5) is 12.8. The van der Waals surface area contributed by atoms with E-state index in [1.807, 2.05) is 47.5 Å². The summed E-state index contributed by atoms with van der Waals surface area (Å²) >= 11 is 1.43. The molecule has 1 atom stereocenters. The number of nitrogens with zero attached hydrogens (tertiary/aromatic N) is 1. The fraction of sp³-hybridized carbons (Fsp3) is 0.357. The van der Waals surface area contributed by atoms with Crippen LogP contribution in [-0.4, -0.2) is 28.2 Å². The summed E-state index contributed by atoms with van der Waals surface area (Å²) in [6, 6.07) is 5.79. The van der Waals surface area contributed by atoms with Crippen LogP contribution in [0.25, 0.3) is 5.69 Å².